The van der Waals surface area contributed by atoms with Gasteiger partial charge in [0.2, 0.25) is 0 Å². The number of fused-ring (bicyclic) bond motifs is 2. The second-order valence-corrected chi connectivity index (χ2v) is 9.52. The number of thiophene rings is 1. The molecule has 4 atom stereocenters. The number of aliphatic hydroxyl groups excluding tert-OH is 1. The number of ether oxygens (including phenoxy) is 1. The van der Waals surface area contributed by atoms with Crippen molar-refractivity contribution in [1.82, 2.24) is 4.90 Å². The Morgan fingerprint density at radius 2 is 1.74 bits per heavy atom. The molecule has 2 aliphatic rings. The van der Waals surface area contributed by atoms with Gasteiger partial charge < -0.3 is 20.5 Å². The number of rotatable bonds is 4. The van der Waals surface area contributed by atoms with Gasteiger partial charge in [-0.25, -0.2) is 0 Å². The van der Waals surface area contributed by atoms with Gasteiger partial charge in [-0.1, -0.05) is 30.3 Å². The minimum atomic E-state index is -0.651. The predicted octanol–water partition coefficient (Wildman–Crippen LogP) is 3.29. The minimum absolute atomic E-state index is 0.0571. The van der Waals surface area contributed by atoms with Crippen molar-refractivity contribution >= 4 is 33.2 Å². The average Bonchev–Trinajstić information content (AvgIpc) is 3.37. The zero-order valence-corrected chi connectivity index (χ0v) is 17.8. The van der Waals surface area contributed by atoms with Gasteiger partial charge in [-0.2, -0.15) is 0 Å². The number of para-hydroxylation sites is 1. The van der Waals surface area contributed by atoms with Gasteiger partial charge in [0.25, 0.3) is 11.8 Å². The largest absolute Gasteiger partial charge is 0.487 e. The Bertz CT molecular complexity index is 1110. The summed E-state index contributed by atoms with van der Waals surface area (Å²) in [5, 5.41) is 11.8. The molecular weight excluding hydrogens is 412 g/mol. The molecule has 5 rings (SSSR count). The summed E-state index contributed by atoms with van der Waals surface area (Å²) in [6, 6.07) is 16.8. The Morgan fingerprint density at radius 1 is 1.03 bits per heavy atom. The SMILES string of the molecule is NC(=O)c1ccccc1O[C@@H]1C[C@@H]2CN(C(=O)c3cc4ccccc4s3)C[C@@H]2C[C@H]1O. The van der Waals surface area contributed by atoms with E-state index in [1.54, 1.807) is 24.3 Å². The summed E-state index contributed by atoms with van der Waals surface area (Å²) in [7, 11) is 0. The topological polar surface area (TPSA) is 92.9 Å². The van der Waals surface area contributed by atoms with Crippen LogP contribution in [0.2, 0.25) is 0 Å². The lowest BCUT2D eigenvalue weighted by Gasteiger charge is -2.35. The standard InChI is InChI=1S/C24H24N2O4S/c25-23(28)17-6-2-3-7-19(17)30-20-10-16-13-26(12-15(16)9-18(20)27)24(29)22-11-14-5-1-4-8-21(14)31-22/h1-8,11,15-16,18,20,27H,9-10,12-13H2,(H2,25,28)/t15-,16+,18+,20+/m0/s1. The van der Waals surface area contributed by atoms with Crippen molar-refractivity contribution in [3.05, 3.63) is 65.0 Å². The Kier molecular flexibility index (Phi) is 5.16. The first-order valence-electron chi connectivity index (χ1n) is 10.5. The Morgan fingerprint density at radius 3 is 2.52 bits per heavy atom. The molecule has 0 radical (unpaired) electrons. The third-order valence-electron chi connectivity index (χ3n) is 6.44. The van der Waals surface area contributed by atoms with Gasteiger partial charge in [0.05, 0.1) is 16.5 Å². The lowest BCUT2D eigenvalue weighted by molar-refractivity contribution is -0.0234. The van der Waals surface area contributed by atoms with Crippen LogP contribution >= 0.6 is 11.3 Å². The van der Waals surface area contributed by atoms with E-state index in [0.717, 1.165) is 15.0 Å². The molecule has 1 saturated carbocycles. The molecule has 160 valence electrons. The van der Waals surface area contributed by atoms with Gasteiger partial charge >= 0.3 is 0 Å². The van der Waals surface area contributed by atoms with Crippen LogP contribution in [0.25, 0.3) is 10.1 Å². The molecular formula is C24H24N2O4S. The van der Waals surface area contributed by atoms with E-state index in [0.29, 0.717) is 37.2 Å². The lowest BCUT2D eigenvalue weighted by Crippen LogP contribution is -2.42. The fraction of sp³-hybridized carbons (Fsp3) is 0.333. The van der Waals surface area contributed by atoms with Crippen molar-refractivity contribution in [3.63, 3.8) is 0 Å². The van der Waals surface area contributed by atoms with Crippen LogP contribution in [0.5, 0.6) is 5.75 Å². The molecule has 6 nitrogen and oxygen atoms in total. The highest BCUT2D eigenvalue weighted by molar-refractivity contribution is 7.20. The number of nitrogens with zero attached hydrogens (tertiary/aromatic N) is 1. The molecule has 0 spiro atoms. The van der Waals surface area contributed by atoms with Crippen LogP contribution in [0, 0.1) is 11.8 Å². The number of carbonyl (C=O) groups is 2. The number of aliphatic hydroxyl groups is 1. The molecule has 1 saturated heterocycles. The summed E-state index contributed by atoms with van der Waals surface area (Å²) in [6.07, 6.45) is 0.127. The number of hydrogen-bond acceptors (Lipinski definition) is 5. The summed E-state index contributed by atoms with van der Waals surface area (Å²) >= 11 is 1.52. The zero-order valence-electron chi connectivity index (χ0n) is 16.9. The van der Waals surface area contributed by atoms with E-state index in [2.05, 4.69) is 0 Å². The van der Waals surface area contributed by atoms with E-state index in [4.69, 9.17) is 10.5 Å². The number of hydrogen-bond donors (Lipinski definition) is 2. The predicted molar refractivity (Wildman–Crippen MR) is 119 cm³/mol. The normalized spacial score (nSPS) is 25.4. The zero-order chi connectivity index (χ0) is 21.5. The Labute approximate surface area is 184 Å². The summed E-state index contributed by atoms with van der Waals surface area (Å²) < 4.78 is 7.15. The summed E-state index contributed by atoms with van der Waals surface area (Å²) in [5.41, 5.74) is 5.76. The molecule has 0 unspecified atom stereocenters. The van der Waals surface area contributed by atoms with E-state index in [1.165, 1.54) is 11.3 Å². The van der Waals surface area contributed by atoms with E-state index in [1.807, 2.05) is 35.2 Å². The number of nitrogens with two attached hydrogens (primary N) is 1. The van der Waals surface area contributed by atoms with E-state index in [-0.39, 0.29) is 17.7 Å². The molecule has 31 heavy (non-hydrogen) atoms. The molecule has 3 N–H and O–H groups in total. The molecule has 0 bridgehead atoms. The second-order valence-electron chi connectivity index (χ2n) is 8.43. The number of carbonyl (C=O) groups excluding carboxylic acids is 2. The minimum Gasteiger partial charge on any atom is -0.487 e. The fourth-order valence-corrected chi connectivity index (χ4v) is 5.89. The van der Waals surface area contributed by atoms with Crippen molar-refractivity contribution in [3.8, 4) is 5.75 Å². The Balaban J connectivity index is 1.29. The van der Waals surface area contributed by atoms with Crippen LogP contribution in [-0.4, -0.2) is 47.1 Å². The summed E-state index contributed by atoms with van der Waals surface area (Å²) in [4.78, 5) is 27.5. The maximum absolute atomic E-state index is 13.1. The first-order chi connectivity index (χ1) is 15.0. The second kappa shape index (κ2) is 7.98. The highest BCUT2D eigenvalue weighted by Crippen LogP contribution is 2.39. The highest BCUT2D eigenvalue weighted by Gasteiger charge is 2.44. The number of benzene rings is 2. The van der Waals surface area contributed by atoms with Gasteiger partial charge in [0.15, 0.2) is 0 Å². The van der Waals surface area contributed by atoms with Crippen molar-refractivity contribution in [2.24, 2.45) is 17.6 Å². The monoisotopic (exact) mass is 436 g/mol. The lowest BCUT2D eigenvalue weighted by atomic mass is 9.78. The van der Waals surface area contributed by atoms with Crippen LogP contribution in [-0.2, 0) is 0 Å². The van der Waals surface area contributed by atoms with Crippen molar-refractivity contribution < 1.29 is 19.4 Å². The quantitative estimate of drug-likeness (QED) is 0.656. The highest BCUT2D eigenvalue weighted by atomic mass is 32.1. The van der Waals surface area contributed by atoms with Crippen molar-refractivity contribution in [2.45, 2.75) is 25.0 Å². The third-order valence-corrected chi connectivity index (χ3v) is 7.54. The third kappa shape index (κ3) is 3.79. The van der Waals surface area contributed by atoms with Crippen LogP contribution in [0.15, 0.2) is 54.6 Å². The molecule has 1 aliphatic carbocycles. The van der Waals surface area contributed by atoms with Crippen molar-refractivity contribution in [1.29, 1.82) is 0 Å². The first kappa shape index (κ1) is 20.0. The van der Waals surface area contributed by atoms with Gasteiger partial charge in [-0.3, -0.25) is 9.59 Å². The van der Waals surface area contributed by atoms with Crippen LogP contribution in [0.4, 0.5) is 0 Å². The molecule has 2 aromatic carbocycles. The number of likely N-dealkylation sites (tertiary alicyclic amines) is 1. The maximum atomic E-state index is 13.1. The summed E-state index contributed by atoms with van der Waals surface area (Å²) in [6.45, 7) is 1.31. The molecule has 7 heteroatoms. The fourth-order valence-electron chi connectivity index (χ4n) is 4.86. The van der Waals surface area contributed by atoms with E-state index >= 15 is 0 Å². The average molecular weight is 437 g/mol. The van der Waals surface area contributed by atoms with Crippen molar-refractivity contribution in [2.75, 3.05) is 13.1 Å². The van der Waals surface area contributed by atoms with Gasteiger partial charge in [0, 0.05) is 17.8 Å². The molecule has 2 heterocycles. The van der Waals surface area contributed by atoms with E-state index in [9.17, 15) is 14.7 Å². The van der Waals surface area contributed by atoms with Gasteiger partial charge in [-0.05, 0) is 54.3 Å². The van der Waals surface area contributed by atoms with Crippen LogP contribution < -0.4 is 10.5 Å². The first-order valence-corrected chi connectivity index (χ1v) is 11.3. The number of primary amides is 1. The Hall–Kier alpha value is -2.90. The smallest absolute Gasteiger partial charge is 0.263 e. The van der Waals surface area contributed by atoms with Gasteiger partial charge in [-0.15, -0.1) is 11.3 Å². The summed E-state index contributed by atoms with van der Waals surface area (Å²) in [5.74, 6) is 0.405. The van der Waals surface area contributed by atoms with Gasteiger partial charge in [0.1, 0.15) is 11.9 Å². The van der Waals surface area contributed by atoms with Crippen LogP contribution in [0.3, 0.4) is 0 Å². The molecule has 3 aromatic rings. The molecule has 2 amide bonds. The van der Waals surface area contributed by atoms with Crippen LogP contribution in [0.1, 0.15) is 32.9 Å². The molecule has 1 aliphatic heterocycles. The van der Waals surface area contributed by atoms with E-state index < -0.39 is 18.1 Å². The molecule has 2 fully saturated rings. The maximum Gasteiger partial charge on any atom is 0.263 e. The number of amides is 2. The molecule has 1 aromatic heterocycles.